The van der Waals surface area contributed by atoms with Gasteiger partial charge in [0.15, 0.2) is 0 Å². The van der Waals surface area contributed by atoms with Gasteiger partial charge in [-0.25, -0.2) is 17.9 Å². The molecule has 2 aromatic rings. The Morgan fingerprint density at radius 3 is 2.76 bits per heavy atom. The molecule has 0 aliphatic carbocycles. The number of carbonyl (C=O) groups is 1. The zero-order valence-electron chi connectivity index (χ0n) is 10.8. The number of halogens is 1. The van der Waals surface area contributed by atoms with Gasteiger partial charge in [0.2, 0.25) is 10.0 Å². The van der Waals surface area contributed by atoms with Crippen molar-refractivity contribution < 1.29 is 22.8 Å². The zero-order valence-corrected chi connectivity index (χ0v) is 13.2. The summed E-state index contributed by atoms with van der Waals surface area (Å²) in [7, 11) is -3.89. The second kappa shape index (κ2) is 5.96. The first-order valence-electron chi connectivity index (χ1n) is 5.73. The van der Waals surface area contributed by atoms with E-state index in [9.17, 15) is 13.2 Å². The van der Waals surface area contributed by atoms with Gasteiger partial charge in [-0.15, -0.1) is 0 Å². The van der Waals surface area contributed by atoms with Crippen LogP contribution < -0.4 is 4.72 Å². The summed E-state index contributed by atoms with van der Waals surface area (Å²) in [6.45, 7) is 1.56. The molecule has 0 saturated heterocycles. The second-order valence-corrected chi connectivity index (χ2v) is 6.75. The number of nitrogens with one attached hydrogen (secondary N) is 1. The highest BCUT2D eigenvalue weighted by atomic mass is 79.9. The molecule has 2 N–H and O–H groups in total. The van der Waals surface area contributed by atoms with Crippen LogP contribution in [0.15, 0.2) is 38.4 Å². The lowest BCUT2D eigenvalue weighted by Gasteiger charge is -2.10. The molecular weight excluding hydrogens is 364 g/mol. The minimum absolute atomic E-state index is 0.0539. The Balaban J connectivity index is 2.37. The fourth-order valence-electron chi connectivity index (χ4n) is 1.63. The zero-order chi connectivity index (χ0) is 15.6. The van der Waals surface area contributed by atoms with E-state index < -0.39 is 16.0 Å². The van der Waals surface area contributed by atoms with Gasteiger partial charge < -0.3 is 9.63 Å². The van der Waals surface area contributed by atoms with Crippen LogP contribution in [0.5, 0.6) is 0 Å². The van der Waals surface area contributed by atoms with Crippen molar-refractivity contribution >= 4 is 31.9 Å². The normalized spacial score (nSPS) is 11.5. The van der Waals surface area contributed by atoms with Crippen LogP contribution in [-0.4, -0.2) is 24.7 Å². The van der Waals surface area contributed by atoms with E-state index in [1.54, 1.807) is 6.92 Å². The van der Waals surface area contributed by atoms with Crippen LogP contribution in [0.1, 0.15) is 21.6 Å². The molecule has 1 heterocycles. The predicted molar refractivity (Wildman–Crippen MR) is 76.4 cm³/mol. The van der Waals surface area contributed by atoms with E-state index in [1.165, 1.54) is 18.4 Å². The van der Waals surface area contributed by atoms with Gasteiger partial charge in [0, 0.05) is 10.5 Å². The molecule has 1 aromatic carbocycles. The first-order valence-corrected chi connectivity index (χ1v) is 8.01. The number of benzene rings is 1. The summed E-state index contributed by atoms with van der Waals surface area (Å²) in [5, 5.41) is 12.6. The first kappa shape index (κ1) is 15.7. The van der Waals surface area contributed by atoms with Crippen LogP contribution in [-0.2, 0) is 16.6 Å². The maximum Gasteiger partial charge on any atom is 0.335 e. The molecule has 0 atom stereocenters. The van der Waals surface area contributed by atoms with Gasteiger partial charge in [0.05, 0.1) is 22.7 Å². The fraction of sp³-hybridized carbons (Fsp3) is 0.167. The number of carboxylic acid groups (broad SMARTS) is 1. The molecule has 0 fully saturated rings. The highest BCUT2D eigenvalue weighted by molar-refractivity contribution is 9.10. The average molecular weight is 375 g/mol. The summed E-state index contributed by atoms with van der Waals surface area (Å²) in [5.41, 5.74) is 0.829. The Morgan fingerprint density at radius 1 is 1.48 bits per heavy atom. The molecule has 0 saturated carbocycles. The summed E-state index contributed by atoms with van der Waals surface area (Å²) >= 11 is 3.17. The van der Waals surface area contributed by atoms with Gasteiger partial charge in [0.25, 0.3) is 0 Å². The third-order valence-corrected chi connectivity index (χ3v) is 5.43. The summed E-state index contributed by atoms with van der Waals surface area (Å²) in [6.07, 6.45) is 1.33. The third kappa shape index (κ3) is 3.49. The molecule has 0 aliphatic heterocycles. The van der Waals surface area contributed by atoms with Crippen molar-refractivity contribution in [2.75, 3.05) is 0 Å². The van der Waals surface area contributed by atoms with E-state index in [4.69, 9.17) is 5.11 Å². The van der Waals surface area contributed by atoms with E-state index >= 15 is 0 Å². The van der Waals surface area contributed by atoms with Crippen LogP contribution in [0.25, 0.3) is 0 Å². The molecule has 0 spiro atoms. The smallest absolute Gasteiger partial charge is 0.335 e. The quantitative estimate of drug-likeness (QED) is 0.827. The molecule has 9 heteroatoms. The number of nitrogens with zero attached hydrogens (tertiary/aromatic N) is 1. The lowest BCUT2D eigenvalue weighted by atomic mass is 10.1. The number of carboxylic acids is 1. The Kier molecular flexibility index (Phi) is 4.45. The number of sulfonamides is 1. The standard InChI is InChI=1S/C12H11BrN2O5S/c1-7-4-8(12(16)17)5-10(11(7)13)21(18,19)14-6-9-2-3-20-15-9/h2-5,14H,6H2,1H3,(H,16,17). The SMILES string of the molecule is Cc1cc(C(=O)O)cc(S(=O)(=O)NCc2ccon2)c1Br. The van der Waals surface area contributed by atoms with Gasteiger partial charge in [-0.05, 0) is 40.5 Å². The first-order chi connectivity index (χ1) is 9.81. The largest absolute Gasteiger partial charge is 0.478 e. The highest BCUT2D eigenvalue weighted by Crippen LogP contribution is 2.27. The number of hydrogen-bond donors (Lipinski definition) is 2. The van der Waals surface area contributed by atoms with Crippen molar-refractivity contribution in [2.45, 2.75) is 18.4 Å². The number of hydrogen-bond acceptors (Lipinski definition) is 5. The Morgan fingerprint density at radius 2 is 2.19 bits per heavy atom. The Labute approximate surface area is 129 Å². The van der Waals surface area contributed by atoms with Crippen molar-refractivity contribution in [2.24, 2.45) is 0 Å². The van der Waals surface area contributed by atoms with Crippen LogP contribution in [0.3, 0.4) is 0 Å². The molecule has 0 amide bonds. The van der Waals surface area contributed by atoms with Crippen LogP contribution in [0.4, 0.5) is 0 Å². The van der Waals surface area contributed by atoms with E-state index in [-0.39, 0.29) is 17.0 Å². The molecule has 0 aliphatic rings. The van der Waals surface area contributed by atoms with Gasteiger partial charge in [-0.3, -0.25) is 0 Å². The van der Waals surface area contributed by atoms with Crippen LogP contribution in [0.2, 0.25) is 0 Å². The lowest BCUT2D eigenvalue weighted by Crippen LogP contribution is -2.24. The molecule has 0 radical (unpaired) electrons. The van der Waals surface area contributed by atoms with E-state index in [0.29, 0.717) is 15.7 Å². The molecule has 0 unspecified atom stereocenters. The topological polar surface area (TPSA) is 110 Å². The summed E-state index contributed by atoms with van der Waals surface area (Å²) < 4.78 is 31.8. The van der Waals surface area contributed by atoms with Crippen LogP contribution in [0, 0.1) is 6.92 Å². The minimum Gasteiger partial charge on any atom is -0.478 e. The summed E-state index contributed by atoms with van der Waals surface area (Å²) in [4.78, 5) is 10.9. The van der Waals surface area contributed by atoms with Crippen molar-refractivity contribution in [1.82, 2.24) is 9.88 Å². The highest BCUT2D eigenvalue weighted by Gasteiger charge is 2.21. The average Bonchev–Trinajstić information content (AvgIpc) is 2.92. The van der Waals surface area contributed by atoms with Crippen LogP contribution >= 0.6 is 15.9 Å². The molecule has 1 aromatic heterocycles. The molecule has 7 nitrogen and oxygen atoms in total. The summed E-state index contributed by atoms with van der Waals surface area (Å²) in [5.74, 6) is -1.20. The third-order valence-electron chi connectivity index (χ3n) is 2.69. The van der Waals surface area contributed by atoms with Gasteiger partial charge in [0.1, 0.15) is 6.26 Å². The van der Waals surface area contributed by atoms with E-state index in [2.05, 4.69) is 30.3 Å². The fourth-order valence-corrected chi connectivity index (χ4v) is 3.67. The second-order valence-electron chi connectivity index (χ2n) is 4.23. The molecule has 0 bridgehead atoms. The number of aromatic carboxylic acids is 1. The van der Waals surface area contributed by atoms with Crippen molar-refractivity contribution in [1.29, 1.82) is 0 Å². The van der Waals surface area contributed by atoms with E-state index in [0.717, 1.165) is 6.07 Å². The Bertz CT molecular complexity index is 771. The maximum atomic E-state index is 12.3. The maximum absolute atomic E-state index is 12.3. The van der Waals surface area contributed by atoms with Gasteiger partial charge in [-0.2, -0.15) is 0 Å². The van der Waals surface area contributed by atoms with Crippen molar-refractivity contribution in [3.8, 4) is 0 Å². The number of rotatable bonds is 5. The molecule has 112 valence electrons. The molecular formula is C12H11BrN2O5S. The monoisotopic (exact) mass is 374 g/mol. The van der Waals surface area contributed by atoms with Gasteiger partial charge in [-0.1, -0.05) is 5.16 Å². The lowest BCUT2D eigenvalue weighted by molar-refractivity contribution is 0.0696. The summed E-state index contributed by atoms with van der Waals surface area (Å²) in [6, 6.07) is 4.02. The van der Waals surface area contributed by atoms with Crippen molar-refractivity contribution in [3.63, 3.8) is 0 Å². The Hall–Kier alpha value is -1.71. The van der Waals surface area contributed by atoms with E-state index in [1.807, 2.05) is 0 Å². The number of aromatic nitrogens is 1. The minimum atomic E-state index is -3.89. The van der Waals surface area contributed by atoms with Crippen molar-refractivity contribution in [3.05, 3.63) is 45.8 Å². The number of aryl methyl sites for hydroxylation is 1. The predicted octanol–water partition coefficient (Wildman–Crippen LogP) is 1.92. The molecule has 21 heavy (non-hydrogen) atoms. The van der Waals surface area contributed by atoms with Gasteiger partial charge >= 0.3 is 5.97 Å². The molecule has 2 rings (SSSR count).